The van der Waals surface area contributed by atoms with Crippen molar-refractivity contribution in [2.75, 3.05) is 18.1 Å². The third-order valence-electron chi connectivity index (χ3n) is 1.96. The molecule has 74 valence electrons. The van der Waals surface area contributed by atoms with Crippen LogP contribution in [0.25, 0.3) is 0 Å². The zero-order valence-corrected chi connectivity index (χ0v) is 9.32. The highest BCUT2D eigenvalue weighted by atomic mass is 127. The van der Waals surface area contributed by atoms with Gasteiger partial charge in [0.15, 0.2) is 0 Å². The van der Waals surface area contributed by atoms with Crippen molar-refractivity contribution in [3.8, 4) is 0 Å². The average Bonchev–Trinajstić information content (AvgIpc) is 2.52. The highest BCUT2D eigenvalue weighted by Crippen LogP contribution is 2.25. The Balaban J connectivity index is 2.36. The van der Waals surface area contributed by atoms with Gasteiger partial charge in [0.05, 0.1) is 12.2 Å². The highest BCUT2D eigenvalue weighted by molar-refractivity contribution is 14.1. The third-order valence-corrected chi connectivity index (χ3v) is 2.83. The van der Waals surface area contributed by atoms with E-state index in [0.717, 1.165) is 0 Å². The summed E-state index contributed by atoms with van der Waals surface area (Å²) in [6.45, 7) is 0.923. The van der Waals surface area contributed by atoms with Crippen molar-refractivity contribution < 1.29 is 13.9 Å². The monoisotopic (exact) mass is 307 g/mol. The lowest BCUT2D eigenvalue weighted by Gasteiger charge is -2.14. The molecule has 3 nitrogen and oxygen atoms in total. The molecule has 0 spiro atoms. The lowest BCUT2D eigenvalue weighted by atomic mass is 10.3. The second kappa shape index (κ2) is 3.72. The Hall–Kier alpha value is -0.850. The molecule has 2 rings (SSSR count). The fraction of sp³-hybridized carbons (Fsp3) is 0.222. The van der Waals surface area contributed by atoms with Crippen LogP contribution < -0.4 is 4.90 Å². The quantitative estimate of drug-likeness (QED) is 0.746. The first-order valence-corrected chi connectivity index (χ1v) is 5.16. The minimum atomic E-state index is -0.366. The van der Waals surface area contributed by atoms with Crippen molar-refractivity contribution in [3.63, 3.8) is 0 Å². The van der Waals surface area contributed by atoms with Crippen LogP contribution in [-0.2, 0) is 4.74 Å². The van der Waals surface area contributed by atoms with Gasteiger partial charge in [0.25, 0.3) is 0 Å². The molecule has 0 radical (unpaired) electrons. The number of hydrogen-bond acceptors (Lipinski definition) is 2. The van der Waals surface area contributed by atoms with Gasteiger partial charge in [-0.1, -0.05) is 0 Å². The molecule has 1 heterocycles. The third kappa shape index (κ3) is 1.68. The number of nitrogens with zero attached hydrogens (tertiary/aromatic N) is 1. The summed E-state index contributed by atoms with van der Waals surface area (Å²) >= 11 is 2.00. The Morgan fingerprint density at radius 1 is 1.50 bits per heavy atom. The Morgan fingerprint density at radius 2 is 2.29 bits per heavy atom. The second-order valence-electron chi connectivity index (χ2n) is 2.86. The Bertz CT molecular complexity index is 383. The number of cyclic esters (lactones) is 1. The number of amides is 1. The van der Waals surface area contributed by atoms with Gasteiger partial charge in [-0.3, -0.25) is 4.90 Å². The average molecular weight is 307 g/mol. The van der Waals surface area contributed by atoms with Gasteiger partial charge in [0, 0.05) is 3.57 Å². The van der Waals surface area contributed by atoms with Gasteiger partial charge < -0.3 is 4.74 Å². The maximum Gasteiger partial charge on any atom is 0.414 e. The predicted molar refractivity (Wildman–Crippen MR) is 57.8 cm³/mol. The largest absolute Gasteiger partial charge is 0.447 e. The molecule has 1 aromatic carbocycles. The number of halogens is 2. The number of carbonyl (C=O) groups excluding carboxylic acids is 1. The van der Waals surface area contributed by atoms with Gasteiger partial charge >= 0.3 is 6.09 Å². The van der Waals surface area contributed by atoms with Gasteiger partial charge in [0.1, 0.15) is 12.4 Å². The molecule has 1 aliphatic rings. The van der Waals surface area contributed by atoms with Crippen LogP contribution in [0.5, 0.6) is 0 Å². The molecule has 1 aliphatic heterocycles. The van der Waals surface area contributed by atoms with Crippen molar-refractivity contribution in [2.45, 2.75) is 0 Å². The minimum Gasteiger partial charge on any atom is -0.447 e. The summed E-state index contributed by atoms with van der Waals surface area (Å²) in [5.41, 5.74) is 0.703. The molecule has 0 N–H and O–H groups in total. The molecule has 0 aromatic heterocycles. The highest BCUT2D eigenvalue weighted by Gasteiger charge is 2.25. The van der Waals surface area contributed by atoms with Crippen LogP contribution in [0.3, 0.4) is 0 Å². The minimum absolute atomic E-state index is 0.300. The van der Waals surface area contributed by atoms with E-state index >= 15 is 0 Å². The molecule has 5 heteroatoms. The molecule has 14 heavy (non-hydrogen) atoms. The molecule has 1 fully saturated rings. The summed E-state index contributed by atoms with van der Waals surface area (Å²) in [7, 11) is 0. The second-order valence-corrected chi connectivity index (χ2v) is 4.02. The zero-order chi connectivity index (χ0) is 10.1. The van der Waals surface area contributed by atoms with Crippen molar-refractivity contribution in [2.24, 2.45) is 0 Å². The lowest BCUT2D eigenvalue weighted by Crippen LogP contribution is -2.24. The molecule has 0 aliphatic carbocycles. The number of benzene rings is 1. The number of carbonyl (C=O) groups is 1. The summed E-state index contributed by atoms with van der Waals surface area (Å²) in [6.07, 6.45) is -0.366. The van der Waals surface area contributed by atoms with Crippen molar-refractivity contribution >= 4 is 34.4 Å². The Morgan fingerprint density at radius 3 is 2.86 bits per heavy atom. The van der Waals surface area contributed by atoms with Crippen LogP contribution in [-0.4, -0.2) is 19.2 Å². The smallest absolute Gasteiger partial charge is 0.414 e. The van der Waals surface area contributed by atoms with E-state index in [1.54, 1.807) is 6.07 Å². The molecule has 1 aromatic rings. The number of anilines is 1. The number of hydrogen-bond donors (Lipinski definition) is 0. The summed E-state index contributed by atoms with van der Waals surface area (Å²) in [5.74, 6) is -0.300. The van der Waals surface area contributed by atoms with Crippen LogP contribution in [0.4, 0.5) is 14.9 Å². The van der Waals surface area contributed by atoms with E-state index in [2.05, 4.69) is 0 Å². The van der Waals surface area contributed by atoms with Gasteiger partial charge in [0.2, 0.25) is 0 Å². The maximum absolute atomic E-state index is 12.8. The fourth-order valence-electron chi connectivity index (χ4n) is 1.31. The molecule has 0 unspecified atom stereocenters. The summed E-state index contributed by atoms with van der Waals surface area (Å²) in [4.78, 5) is 12.7. The van der Waals surface area contributed by atoms with Crippen molar-refractivity contribution in [1.82, 2.24) is 0 Å². The van der Waals surface area contributed by atoms with Gasteiger partial charge in [-0.2, -0.15) is 0 Å². The van der Waals surface area contributed by atoms with E-state index in [1.807, 2.05) is 22.6 Å². The standard InChI is InChI=1S/C9H7FINO2/c10-6-1-2-8(7(11)5-6)12-3-4-14-9(12)13/h1-2,5H,3-4H2. The van der Waals surface area contributed by atoms with E-state index in [-0.39, 0.29) is 11.9 Å². The molecule has 1 saturated heterocycles. The molecule has 1 amide bonds. The summed E-state index contributed by atoms with van der Waals surface area (Å²) in [6, 6.07) is 4.31. The summed E-state index contributed by atoms with van der Waals surface area (Å²) in [5, 5.41) is 0. The van der Waals surface area contributed by atoms with Gasteiger partial charge in [-0.25, -0.2) is 9.18 Å². The maximum atomic E-state index is 12.8. The van der Waals surface area contributed by atoms with E-state index in [1.165, 1.54) is 17.0 Å². The van der Waals surface area contributed by atoms with Crippen LogP contribution in [0.2, 0.25) is 0 Å². The van der Waals surface area contributed by atoms with Crippen LogP contribution >= 0.6 is 22.6 Å². The van der Waals surface area contributed by atoms with Crippen molar-refractivity contribution in [3.05, 3.63) is 27.6 Å². The van der Waals surface area contributed by atoms with E-state index in [9.17, 15) is 9.18 Å². The van der Waals surface area contributed by atoms with Crippen LogP contribution in [0.15, 0.2) is 18.2 Å². The topological polar surface area (TPSA) is 29.5 Å². The first-order valence-electron chi connectivity index (χ1n) is 4.08. The molecule has 0 bridgehead atoms. The van der Waals surface area contributed by atoms with E-state index < -0.39 is 0 Å². The van der Waals surface area contributed by atoms with Crippen LogP contribution in [0, 0.1) is 9.39 Å². The molecular weight excluding hydrogens is 300 g/mol. The van der Waals surface area contributed by atoms with E-state index in [4.69, 9.17) is 4.74 Å². The first-order chi connectivity index (χ1) is 6.68. The zero-order valence-electron chi connectivity index (χ0n) is 7.17. The first kappa shape index (κ1) is 9.70. The predicted octanol–water partition coefficient (Wildman–Crippen LogP) is 2.39. The number of ether oxygens (including phenoxy) is 1. The van der Waals surface area contributed by atoms with Crippen molar-refractivity contribution in [1.29, 1.82) is 0 Å². The molecule has 0 saturated carbocycles. The fourth-order valence-corrected chi connectivity index (χ4v) is 2.08. The Kier molecular flexibility index (Phi) is 2.58. The lowest BCUT2D eigenvalue weighted by molar-refractivity contribution is 0.181. The normalized spacial score (nSPS) is 15.9. The number of rotatable bonds is 1. The van der Waals surface area contributed by atoms with Gasteiger partial charge in [-0.15, -0.1) is 0 Å². The summed E-state index contributed by atoms with van der Waals surface area (Å²) < 4.78 is 18.3. The van der Waals surface area contributed by atoms with E-state index in [0.29, 0.717) is 22.4 Å². The Labute approximate surface area is 94.0 Å². The van der Waals surface area contributed by atoms with Crippen LogP contribution in [0.1, 0.15) is 0 Å². The van der Waals surface area contributed by atoms with Gasteiger partial charge in [-0.05, 0) is 40.8 Å². The SMILES string of the molecule is O=C1OCCN1c1ccc(F)cc1I. The molecule has 0 atom stereocenters. The molecular formula is C9H7FINO2.